The van der Waals surface area contributed by atoms with Crippen molar-refractivity contribution in [1.82, 2.24) is 10.6 Å². The van der Waals surface area contributed by atoms with Crippen molar-refractivity contribution in [3.8, 4) is 0 Å². The smallest absolute Gasteiger partial charge is 0.392 e. The van der Waals surface area contributed by atoms with Gasteiger partial charge in [0.05, 0.1) is 25.4 Å². The molecule has 6 atom stereocenters. The van der Waals surface area contributed by atoms with Crippen LogP contribution in [0.4, 0.5) is 0 Å². The van der Waals surface area contributed by atoms with Crippen LogP contribution in [0.3, 0.4) is 0 Å². The van der Waals surface area contributed by atoms with Crippen molar-refractivity contribution >= 4 is 26.3 Å². The van der Waals surface area contributed by atoms with E-state index >= 15 is 0 Å². The third-order valence-corrected chi connectivity index (χ3v) is 6.51. The molecule has 24 heavy (non-hydrogen) atoms. The van der Waals surface area contributed by atoms with Crippen molar-refractivity contribution in [3.05, 3.63) is 0 Å². The Morgan fingerprint density at radius 3 is 2.38 bits per heavy atom. The first-order chi connectivity index (χ1) is 11.2. The van der Waals surface area contributed by atoms with Crippen LogP contribution in [0.5, 0.6) is 0 Å². The van der Waals surface area contributed by atoms with E-state index in [2.05, 4.69) is 15.2 Å². The highest BCUT2D eigenvalue weighted by Gasteiger charge is 2.34. The van der Waals surface area contributed by atoms with Crippen molar-refractivity contribution in [1.29, 1.82) is 0 Å². The lowest BCUT2D eigenvalue weighted by molar-refractivity contribution is 0.102. The Morgan fingerprint density at radius 1 is 1.12 bits per heavy atom. The monoisotopic (exact) mass is 406 g/mol. The number of β-amino-alcohol motifs (C(OH)–C–C–N with tert-alkyl or cyclic N) is 1. The van der Waals surface area contributed by atoms with Crippen LogP contribution in [-0.4, -0.2) is 72.6 Å². The Hall–Kier alpha value is 0.520. The largest absolute Gasteiger partial charge is 0.472 e. The number of aliphatic hydroxyl groups excluding tert-OH is 1. The lowest BCUT2D eigenvalue weighted by Crippen LogP contribution is -2.27. The Bertz CT molecular complexity index is 512. The molecule has 2 aliphatic heterocycles. The molecule has 0 spiro atoms. The van der Waals surface area contributed by atoms with Gasteiger partial charge in [-0.25, -0.2) is 4.57 Å². The fourth-order valence-corrected chi connectivity index (χ4v) is 4.18. The summed E-state index contributed by atoms with van der Waals surface area (Å²) in [6.45, 7) is -2.33. The summed E-state index contributed by atoms with van der Waals surface area (Å²) in [5, 5.41) is 15.4. The van der Waals surface area contributed by atoms with Gasteiger partial charge in [-0.2, -0.15) is 0 Å². The molecular weight excluding hydrogens is 382 g/mol. The van der Waals surface area contributed by atoms with E-state index in [9.17, 15) is 19.5 Å². The minimum atomic E-state index is -4.19. The number of nitrogens with one attached hydrogen (secondary N) is 2. The van der Waals surface area contributed by atoms with Gasteiger partial charge in [0.1, 0.15) is 0 Å². The molecule has 5 N–H and O–H groups in total. The van der Waals surface area contributed by atoms with Crippen LogP contribution >= 0.6 is 14.5 Å². The molecule has 2 heterocycles. The first-order valence-corrected chi connectivity index (χ1v) is 11.6. The van der Waals surface area contributed by atoms with E-state index in [1.165, 1.54) is 7.11 Å². The molecule has 0 radical (unpaired) electrons. The molecule has 2 rings (SSSR count). The van der Waals surface area contributed by atoms with Crippen LogP contribution < -0.4 is 10.6 Å². The van der Waals surface area contributed by atoms with Gasteiger partial charge in [-0.15, -0.1) is 0 Å². The number of hydrogen-bond donors (Lipinski definition) is 5. The van der Waals surface area contributed by atoms with Crippen molar-refractivity contribution in [2.24, 2.45) is 0 Å². The van der Waals surface area contributed by atoms with Gasteiger partial charge in [0.15, 0.2) is 0 Å². The summed E-state index contributed by atoms with van der Waals surface area (Å²) in [6, 6.07) is -0.346. The van der Waals surface area contributed by atoms with Crippen LogP contribution in [0, 0.1) is 0 Å². The van der Waals surface area contributed by atoms with E-state index in [0.29, 0.717) is 25.9 Å². The molecule has 142 valence electrons. The van der Waals surface area contributed by atoms with Crippen LogP contribution in [0.25, 0.3) is 0 Å². The van der Waals surface area contributed by atoms with Crippen LogP contribution in [0.15, 0.2) is 0 Å². The normalized spacial score (nSPS) is 35.7. The highest BCUT2D eigenvalue weighted by molar-refractivity contribution is 8.07. The second-order valence-corrected chi connectivity index (χ2v) is 10.1. The van der Waals surface area contributed by atoms with Crippen molar-refractivity contribution in [2.75, 3.05) is 33.4 Å². The standard InChI is InChI=1S/C11H24N2O8P2S/c1-18-23(17,24)20-7-9-3-11(5-13-9)21-22(15,16)19-6-8-2-10(14)4-12-8/h8-14H,2-7H2,1H3,(H,15,16)(H,17,24). The minimum absolute atomic E-state index is 0.0151. The maximum Gasteiger partial charge on any atom is 0.472 e. The molecule has 2 fully saturated rings. The maximum atomic E-state index is 12.0. The van der Waals surface area contributed by atoms with Gasteiger partial charge in [-0.1, -0.05) is 0 Å². The third-order valence-electron chi connectivity index (χ3n) is 3.77. The molecule has 0 aromatic carbocycles. The zero-order valence-electron chi connectivity index (χ0n) is 13.2. The molecule has 2 saturated heterocycles. The number of phosphoric ester groups is 1. The van der Waals surface area contributed by atoms with Crippen molar-refractivity contribution in [3.63, 3.8) is 0 Å². The average Bonchev–Trinajstić information content (AvgIpc) is 3.12. The van der Waals surface area contributed by atoms with E-state index in [1.54, 1.807) is 0 Å². The summed E-state index contributed by atoms with van der Waals surface area (Å²) >= 11 is 4.73. The van der Waals surface area contributed by atoms with Gasteiger partial charge < -0.3 is 34.6 Å². The second-order valence-electron chi connectivity index (χ2n) is 5.77. The van der Waals surface area contributed by atoms with Crippen LogP contribution in [-0.2, 0) is 34.5 Å². The summed E-state index contributed by atoms with van der Waals surface area (Å²) in [6.07, 6.45) is -0.101. The van der Waals surface area contributed by atoms with E-state index in [0.717, 1.165) is 0 Å². The number of rotatable bonds is 9. The number of hydrogen-bond acceptors (Lipinski definition) is 9. The van der Waals surface area contributed by atoms with Gasteiger partial charge in [0, 0.05) is 32.3 Å². The molecule has 0 bridgehead atoms. The molecule has 0 aromatic heterocycles. The van der Waals surface area contributed by atoms with Crippen molar-refractivity contribution in [2.45, 2.75) is 37.1 Å². The molecule has 6 unspecified atom stereocenters. The summed E-state index contributed by atoms with van der Waals surface area (Å²) < 4.78 is 31.9. The highest BCUT2D eigenvalue weighted by atomic mass is 32.5. The number of aliphatic hydroxyl groups is 1. The minimum Gasteiger partial charge on any atom is -0.392 e. The summed E-state index contributed by atoms with van der Waals surface area (Å²) in [7, 11) is -2.92. The Labute approximate surface area is 145 Å². The Balaban J connectivity index is 1.69. The predicted molar refractivity (Wildman–Crippen MR) is 88.9 cm³/mol. The molecule has 13 heteroatoms. The molecule has 0 saturated carbocycles. The van der Waals surface area contributed by atoms with Gasteiger partial charge in [-0.3, -0.25) is 9.05 Å². The molecule has 0 amide bonds. The fourth-order valence-electron chi connectivity index (χ4n) is 2.55. The Kier molecular flexibility index (Phi) is 7.76. The lowest BCUT2D eigenvalue weighted by Gasteiger charge is -2.19. The molecular formula is C11H24N2O8P2S. The predicted octanol–water partition coefficient (Wildman–Crippen LogP) is -0.547. The van der Waals surface area contributed by atoms with Gasteiger partial charge >= 0.3 is 14.5 Å². The SMILES string of the molecule is COP(O)(=S)OCC1CC(OP(=O)(O)OCC2CC(O)CN2)CN1. The highest BCUT2D eigenvalue weighted by Crippen LogP contribution is 2.46. The molecule has 10 nitrogen and oxygen atoms in total. The summed E-state index contributed by atoms with van der Waals surface area (Å²) in [4.78, 5) is 19.3. The zero-order valence-corrected chi connectivity index (χ0v) is 15.8. The van der Waals surface area contributed by atoms with E-state index in [1.807, 2.05) is 0 Å². The van der Waals surface area contributed by atoms with E-state index in [4.69, 9.17) is 25.4 Å². The fraction of sp³-hybridized carbons (Fsp3) is 1.00. The van der Waals surface area contributed by atoms with Gasteiger partial charge in [0.2, 0.25) is 0 Å². The molecule has 2 aliphatic rings. The average molecular weight is 406 g/mol. The maximum absolute atomic E-state index is 12.0. The lowest BCUT2D eigenvalue weighted by atomic mass is 10.2. The van der Waals surface area contributed by atoms with Crippen molar-refractivity contribution < 1.29 is 37.6 Å². The van der Waals surface area contributed by atoms with Gasteiger partial charge in [-0.05, 0) is 24.6 Å². The van der Waals surface area contributed by atoms with Gasteiger partial charge in [0.25, 0.3) is 0 Å². The van der Waals surface area contributed by atoms with Crippen LogP contribution in [0.2, 0.25) is 0 Å². The molecule has 0 aromatic rings. The zero-order chi connectivity index (χ0) is 17.8. The first-order valence-electron chi connectivity index (χ1n) is 7.53. The van der Waals surface area contributed by atoms with E-state index in [-0.39, 0.29) is 25.3 Å². The third kappa shape index (κ3) is 7.03. The summed E-state index contributed by atoms with van der Waals surface area (Å²) in [5.41, 5.74) is 0. The van der Waals surface area contributed by atoms with E-state index < -0.39 is 26.7 Å². The first kappa shape index (κ1) is 20.8. The quantitative estimate of drug-likeness (QED) is 0.315. The number of phosphoric acid groups is 1. The summed E-state index contributed by atoms with van der Waals surface area (Å²) in [5.74, 6) is 0. The van der Waals surface area contributed by atoms with Crippen LogP contribution in [0.1, 0.15) is 12.8 Å². The Morgan fingerprint density at radius 2 is 1.75 bits per heavy atom. The second kappa shape index (κ2) is 8.94. The molecule has 0 aliphatic carbocycles. The topological polar surface area (TPSA) is 139 Å².